The van der Waals surface area contributed by atoms with Gasteiger partial charge >= 0.3 is 0 Å². The molecule has 1 saturated carbocycles. The van der Waals surface area contributed by atoms with Crippen molar-refractivity contribution in [2.24, 2.45) is 11.8 Å². The summed E-state index contributed by atoms with van der Waals surface area (Å²) in [6.07, 6.45) is 7.52. The average Bonchev–Trinajstić information content (AvgIpc) is 2.45. The van der Waals surface area contributed by atoms with Gasteiger partial charge in [-0.05, 0) is 31.7 Å². The van der Waals surface area contributed by atoms with E-state index >= 15 is 0 Å². The van der Waals surface area contributed by atoms with Crippen LogP contribution in [0.5, 0.6) is 0 Å². The van der Waals surface area contributed by atoms with Crippen molar-refractivity contribution >= 4 is 12.4 Å². The van der Waals surface area contributed by atoms with E-state index in [0.29, 0.717) is 0 Å². The third-order valence-electron chi connectivity index (χ3n) is 2.65. The fourth-order valence-corrected chi connectivity index (χ4v) is 2.11. The molecule has 0 radical (unpaired) electrons. The van der Waals surface area contributed by atoms with Gasteiger partial charge in [0.25, 0.3) is 0 Å². The van der Waals surface area contributed by atoms with Crippen LogP contribution in [0.3, 0.4) is 0 Å². The summed E-state index contributed by atoms with van der Waals surface area (Å²) < 4.78 is 0. The predicted molar refractivity (Wildman–Crippen MR) is 45.4 cm³/mol. The Balaban J connectivity index is 0.000000500. The van der Waals surface area contributed by atoms with Crippen molar-refractivity contribution in [1.29, 1.82) is 0 Å². The normalized spacial score (nSPS) is 41.9. The number of hydrogen-bond acceptors (Lipinski definition) is 1. The molecule has 0 aromatic heterocycles. The summed E-state index contributed by atoms with van der Waals surface area (Å²) in [6, 6.07) is 0.792. The molecule has 1 fully saturated rings. The topological polar surface area (TPSA) is 12.0 Å². The highest BCUT2D eigenvalue weighted by Gasteiger charge is 2.34. The van der Waals surface area contributed by atoms with E-state index in [0.717, 1.165) is 17.9 Å². The predicted octanol–water partition coefficient (Wildman–Crippen LogP) is 1.59. The molecule has 0 spiro atoms. The van der Waals surface area contributed by atoms with Crippen molar-refractivity contribution in [2.45, 2.75) is 18.9 Å². The first kappa shape index (κ1) is 8.09. The van der Waals surface area contributed by atoms with Crippen LogP contribution in [0.2, 0.25) is 0 Å². The fraction of sp³-hybridized carbons (Fsp3) is 0.750. The van der Waals surface area contributed by atoms with Crippen LogP contribution in [0.25, 0.3) is 0 Å². The number of nitrogens with one attached hydrogen (secondary N) is 1. The van der Waals surface area contributed by atoms with Gasteiger partial charge in [-0.3, -0.25) is 0 Å². The molecule has 58 valence electrons. The lowest BCUT2D eigenvalue weighted by molar-refractivity contribution is 0.489. The molecule has 0 aliphatic heterocycles. The van der Waals surface area contributed by atoms with Crippen LogP contribution in [0.4, 0.5) is 0 Å². The molecule has 0 aromatic rings. The van der Waals surface area contributed by atoms with Gasteiger partial charge < -0.3 is 5.32 Å². The van der Waals surface area contributed by atoms with Gasteiger partial charge in [-0.15, -0.1) is 12.4 Å². The first-order valence-corrected chi connectivity index (χ1v) is 3.76. The van der Waals surface area contributed by atoms with Crippen LogP contribution in [-0.2, 0) is 0 Å². The lowest BCUT2D eigenvalue weighted by Crippen LogP contribution is -2.28. The summed E-state index contributed by atoms with van der Waals surface area (Å²) in [7, 11) is 2.07. The van der Waals surface area contributed by atoms with Crippen LogP contribution < -0.4 is 5.32 Å². The van der Waals surface area contributed by atoms with Gasteiger partial charge in [-0.1, -0.05) is 12.2 Å². The van der Waals surface area contributed by atoms with E-state index < -0.39 is 0 Å². The molecule has 0 aromatic carbocycles. The lowest BCUT2D eigenvalue weighted by atomic mass is 10.0. The maximum Gasteiger partial charge on any atom is 0.0133 e. The number of rotatable bonds is 1. The standard InChI is InChI=1S/C8H13N.ClH/c1-9-8-5-6-2-3-7(8)4-6;/h2-3,6-9H,4-5H2,1H3;1H. The highest BCUT2D eigenvalue weighted by Crippen LogP contribution is 2.38. The fourth-order valence-electron chi connectivity index (χ4n) is 2.11. The molecule has 0 amide bonds. The minimum atomic E-state index is 0. The Morgan fingerprint density at radius 3 is 2.40 bits per heavy atom. The summed E-state index contributed by atoms with van der Waals surface area (Å²) in [5, 5.41) is 3.34. The van der Waals surface area contributed by atoms with Gasteiger partial charge in [-0.25, -0.2) is 0 Å². The molecule has 2 aliphatic rings. The molecule has 1 N–H and O–H groups in total. The van der Waals surface area contributed by atoms with Crippen molar-refractivity contribution in [1.82, 2.24) is 5.32 Å². The third kappa shape index (κ3) is 1.08. The average molecular weight is 160 g/mol. The Morgan fingerprint density at radius 2 is 2.10 bits per heavy atom. The Bertz CT molecular complexity index is 144. The number of fused-ring (bicyclic) bond motifs is 2. The largest absolute Gasteiger partial charge is 0.316 e. The van der Waals surface area contributed by atoms with Gasteiger partial charge in [0.15, 0.2) is 0 Å². The molecule has 2 bridgehead atoms. The number of hydrogen-bond donors (Lipinski definition) is 1. The summed E-state index contributed by atoms with van der Waals surface area (Å²) in [4.78, 5) is 0. The van der Waals surface area contributed by atoms with Crippen molar-refractivity contribution in [3.8, 4) is 0 Å². The SMILES string of the molecule is CNC1CC2C=CC1C2.Cl. The van der Waals surface area contributed by atoms with Crippen LogP contribution in [-0.4, -0.2) is 13.1 Å². The molecule has 0 heterocycles. The third-order valence-corrected chi connectivity index (χ3v) is 2.65. The zero-order valence-corrected chi connectivity index (χ0v) is 7.03. The molecular weight excluding hydrogens is 146 g/mol. The minimum absolute atomic E-state index is 0. The second kappa shape index (κ2) is 2.93. The Kier molecular flexibility index (Phi) is 2.37. The van der Waals surface area contributed by atoms with E-state index in [2.05, 4.69) is 24.5 Å². The minimum Gasteiger partial charge on any atom is -0.316 e. The van der Waals surface area contributed by atoms with Gasteiger partial charge in [0, 0.05) is 6.04 Å². The molecule has 2 aliphatic carbocycles. The molecule has 3 atom stereocenters. The quantitative estimate of drug-likeness (QED) is 0.573. The summed E-state index contributed by atoms with van der Waals surface area (Å²) >= 11 is 0. The molecule has 2 heteroatoms. The van der Waals surface area contributed by atoms with E-state index in [1.807, 2.05) is 0 Å². The van der Waals surface area contributed by atoms with Gasteiger partial charge in [0.05, 0.1) is 0 Å². The summed E-state index contributed by atoms with van der Waals surface area (Å²) in [5.74, 6) is 1.77. The highest BCUT2D eigenvalue weighted by atomic mass is 35.5. The number of allylic oxidation sites excluding steroid dienone is 1. The molecule has 0 saturated heterocycles. The maximum atomic E-state index is 3.34. The maximum absolute atomic E-state index is 3.34. The first-order chi connectivity index (χ1) is 4.40. The van der Waals surface area contributed by atoms with Gasteiger partial charge in [-0.2, -0.15) is 0 Å². The van der Waals surface area contributed by atoms with E-state index in [-0.39, 0.29) is 12.4 Å². The van der Waals surface area contributed by atoms with Crippen molar-refractivity contribution in [2.75, 3.05) is 7.05 Å². The lowest BCUT2D eigenvalue weighted by Gasteiger charge is -2.15. The van der Waals surface area contributed by atoms with Crippen LogP contribution >= 0.6 is 12.4 Å². The second-order valence-corrected chi connectivity index (χ2v) is 3.18. The first-order valence-electron chi connectivity index (χ1n) is 3.76. The smallest absolute Gasteiger partial charge is 0.0133 e. The van der Waals surface area contributed by atoms with E-state index in [1.165, 1.54) is 12.8 Å². The van der Waals surface area contributed by atoms with E-state index in [4.69, 9.17) is 0 Å². The number of halogens is 1. The Morgan fingerprint density at radius 1 is 1.30 bits per heavy atom. The molecule has 10 heavy (non-hydrogen) atoms. The van der Waals surface area contributed by atoms with E-state index in [9.17, 15) is 0 Å². The highest BCUT2D eigenvalue weighted by molar-refractivity contribution is 5.85. The van der Waals surface area contributed by atoms with Crippen molar-refractivity contribution in [3.63, 3.8) is 0 Å². The van der Waals surface area contributed by atoms with Crippen molar-refractivity contribution in [3.05, 3.63) is 12.2 Å². The zero-order valence-electron chi connectivity index (χ0n) is 6.21. The van der Waals surface area contributed by atoms with Crippen LogP contribution in [0.15, 0.2) is 12.2 Å². The Labute approximate surface area is 68.3 Å². The van der Waals surface area contributed by atoms with Crippen LogP contribution in [0.1, 0.15) is 12.8 Å². The molecule has 1 nitrogen and oxygen atoms in total. The van der Waals surface area contributed by atoms with Crippen molar-refractivity contribution < 1.29 is 0 Å². The van der Waals surface area contributed by atoms with Gasteiger partial charge in [0.1, 0.15) is 0 Å². The summed E-state index contributed by atoms with van der Waals surface area (Å²) in [5.41, 5.74) is 0. The Hall–Kier alpha value is -0.0100. The summed E-state index contributed by atoms with van der Waals surface area (Å²) in [6.45, 7) is 0. The zero-order chi connectivity index (χ0) is 6.27. The van der Waals surface area contributed by atoms with Gasteiger partial charge in [0.2, 0.25) is 0 Å². The second-order valence-electron chi connectivity index (χ2n) is 3.18. The molecular formula is C8H14ClN. The molecule has 2 rings (SSSR count). The van der Waals surface area contributed by atoms with Crippen LogP contribution in [0, 0.1) is 11.8 Å². The molecule has 3 unspecified atom stereocenters. The monoisotopic (exact) mass is 159 g/mol. The van der Waals surface area contributed by atoms with E-state index in [1.54, 1.807) is 0 Å².